The van der Waals surface area contributed by atoms with Gasteiger partial charge in [0.05, 0.1) is 32.1 Å². The van der Waals surface area contributed by atoms with Crippen molar-refractivity contribution < 1.29 is 19.0 Å². The van der Waals surface area contributed by atoms with Crippen molar-refractivity contribution in [1.29, 1.82) is 0 Å². The first-order valence-corrected chi connectivity index (χ1v) is 9.11. The largest absolute Gasteiger partial charge is 0.497 e. The second-order valence-electron chi connectivity index (χ2n) is 7.51. The summed E-state index contributed by atoms with van der Waals surface area (Å²) >= 11 is 0. The average Bonchev–Trinajstić information content (AvgIpc) is 2.66. The number of carbonyl (C=O) groups excluding carboxylic acids is 1. The number of rotatable bonds is 4. The Bertz CT molecular complexity index is 864. The van der Waals surface area contributed by atoms with Crippen molar-refractivity contribution in [3.63, 3.8) is 0 Å². The number of anilines is 2. The maximum Gasteiger partial charge on any atom is 0.410 e. The molecule has 0 saturated heterocycles. The van der Waals surface area contributed by atoms with Crippen LogP contribution in [0.15, 0.2) is 24.4 Å². The molecule has 2 heterocycles. The minimum absolute atomic E-state index is 0.318. The number of nitrogens with one attached hydrogen (secondary N) is 1. The van der Waals surface area contributed by atoms with Crippen LogP contribution in [0.2, 0.25) is 0 Å². The van der Waals surface area contributed by atoms with Gasteiger partial charge in [0.15, 0.2) is 0 Å². The van der Waals surface area contributed by atoms with Crippen LogP contribution in [0.5, 0.6) is 11.5 Å². The zero-order valence-corrected chi connectivity index (χ0v) is 16.9. The van der Waals surface area contributed by atoms with Crippen molar-refractivity contribution in [1.82, 2.24) is 14.9 Å². The topological polar surface area (TPSA) is 85.8 Å². The fourth-order valence-electron chi connectivity index (χ4n) is 2.89. The van der Waals surface area contributed by atoms with Crippen LogP contribution in [-0.4, -0.2) is 47.3 Å². The van der Waals surface area contributed by atoms with Gasteiger partial charge in [0.2, 0.25) is 5.95 Å². The number of hydrogen-bond donors (Lipinski definition) is 1. The molecule has 1 amide bonds. The quantitative estimate of drug-likeness (QED) is 0.860. The van der Waals surface area contributed by atoms with Gasteiger partial charge >= 0.3 is 6.09 Å². The van der Waals surface area contributed by atoms with Gasteiger partial charge in [-0.25, -0.2) is 14.8 Å². The summed E-state index contributed by atoms with van der Waals surface area (Å²) in [6, 6.07) is 5.47. The Morgan fingerprint density at radius 2 is 2.00 bits per heavy atom. The zero-order chi connectivity index (χ0) is 20.3. The van der Waals surface area contributed by atoms with E-state index in [0.717, 1.165) is 11.3 Å². The molecule has 8 heteroatoms. The Morgan fingerprint density at radius 1 is 1.21 bits per heavy atom. The lowest BCUT2D eigenvalue weighted by atomic mass is 10.1. The first-order valence-electron chi connectivity index (χ1n) is 9.11. The van der Waals surface area contributed by atoms with Crippen molar-refractivity contribution in [2.75, 3.05) is 26.1 Å². The van der Waals surface area contributed by atoms with Crippen molar-refractivity contribution in [2.24, 2.45) is 0 Å². The monoisotopic (exact) mass is 386 g/mol. The van der Waals surface area contributed by atoms with Crippen LogP contribution in [-0.2, 0) is 17.7 Å². The summed E-state index contributed by atoms with van der Waals surface area (Å²) in [5.41, 5.74) is 2.03. The number of ether oxygens (including phenoxy) is 3. The molecule has 0 radical (unpaired) electrons. The van der Waals surface area contributed by atoms with Crippen molar-refractivity contribution >= 4 is 17.7 Å². The summed E-state index contributed by atoms with van der Waals surface area (Å²) in [7, 11) is 3.21. The van der Waals surface area contributed by atoms with Gasteiger partial charge in [-0.2, -0.15) is 0 Å². The van der Waals surface area contributed by atoms with Gasteiger partial charge in [0.1, 0.15) is 17.1 Å². The number of carbonyl (C=O) groups is 1. The molecule has 1 N–H and O–H groups in total. The lowest BCUT2D eigenvalue weighted by Crippen LogP contribution is -2.40. The van der Waals surface area contributed by atoms with Crippen molar-refractivity contribution in [3.05, 3.63) is 35.7 Å². The Kier molecular flexibility index (Phi) is 5.58. The predicted molar refractivity (Wildman–Crippen MR) is 105 cm³/mol. The van der Waals surface area contributed by atoms with Gasteiger partial charge < -0.3 is 24.4 Å². The van der Waals surface area contributed by atoms with E-state index >= 15 is 0 Å². The summed E-state index contributed by atoms with van der Waals surface area (Å²) in [4.78, 5) is 23.0. The third-order valence-electron chi connectivity index (χ3n) is 4.24. The SMILES string of the molecule is COc1ccc(OC)c(Nc2ncc3c(n2)CCN(C(=O)OC(C)(C)C)C3)c1. The van der Waals surface area contributed by atoms with Crippen LogP contribution in [0.1, 0.15) is 32.0 Å². The van der Waals surface area contributed by atoms with Gasteiger partial charge in [0, 0.05) is 30.8 Å². The molecule has 2 aromatic rings. The highest BCUT2D eigenvalue weighted by Gasteiger charge is 2.26. The van der Waals surface area contributed by atoms with E-state index in [4.69, 9.17) is 14.2 Å². The van der Waals surface area contributed by atoms with Gasteiger partial charge in [-0.3, -0.25) is 0 Å². The molecule has 3 rings (SSSR count). The molecule has 150 valence electrons. The van der Waals surface area contributed by atoms with Crippen LogP contribution in [0.3, 0.4) is 0 Å². The zero-order valence-electron chi connectivity index (χ0n) is 16.9. The number of methoxy groups -OCH3 is 2. The van der Waals surface area contributed by atoms with Crippen molar-refractivity contribution in [3.8, 4) is 11.5 Å². The Labute approximate surface area is 164 Å². The number of amides is 1. The fraction of sp³-hybridized carbons (Fsp3) is 0.450. The molecule has 0 unspecified atom stereocenters. The van der Waals surface area contributed by atoms with E-state index in [2.05, 4.69) is 15.3 Å². The predicted octanol–water partition coefficient (Wildman–Crippen LogP) is 3.53. The molecule has 0 saturated carbocycles. The molecule has 0 aliphatic carbocycles. The van der Waals surface area contributed by atoms with Gasteiger partial charge in [-0.05, 0) is 32.9 Å². The number of benzene rings is 1. The highest BCUT2D eigenvalue weighted by atomic mass is 16.6. The van der Waals surface area contributed by atoms with E-state index in [1.54, 1.807) is 25.3 Å². The molecule has 1 aromatic heterocycles. The average molecular weight is 386 g/mol. The number of nitrogens with zero attached hydrogens (tertiary/aromatic N) is 3. The standard InChI is InChI=1S/C20H26N4O4/c1-20(2,3)28-19(25)24-9-8-15-13(12-24)11-21-18(22-15)23-16-10-14(26-4)6-7-17(16)27-5/h6-7,10-11H,8-9,12H2,1-5H3,(H,21,22,23). The summed E-state index contributed by atoms with van der Waals surface area (Å²) < 4.78 is 16.1. The van der Waals surface area contributed by atoms with Crippen LogP contribution in [0.25, 0.3) is 0 Å². The lowest BCUT2D eigenvalue weighted by molar-refractivity contribution is 0.0222. The van der Waals surface area contributed by atoms with Gasteiger partial charge in [-0.1, -0.05) is 0 Å². The molecule has 1 aromatic carbocycles. The van der Waals surface area contributed by atoms with Crippen LogP contribution in [0.4, 0.5) is 16.4 Å². The van der Waals surface area contributed by atoms with Gasteiger partial charge in [-0.15, -0.1) is 0 Å². The van der Waals surface area contributed by atoms with E-state index in [1.807, 2.05) is 39.0 Å². The summed E-state index contributed by atoms with van der Waals surface area (Å²) in [6.45, 7) is 6.57. The van der Waals surface area contributed by atoms with Gasteiger partial charge in [0.25, 0.3) is 0 Å². The third-order valence-corrected chi connectivity index (χ3v) is 4.24. The molecule has 1 aliphatic heterocycles. The summed E-state index contributed by atoms with van der Waals surface area (Å²) in [5, 5.41) is 3.18. The molecular weight excluding hydrogens is 360 g/mol. The normalized spacial score (nSPS) is 13.5. The van der Waals surface area contributed by atoms with E-state index in [1.165, 1.54) is 0 Å². The highest BCUT2D eigenvalue weighted by molar-refractivity contribution is 5.69. The maximum atomic E-state index is 12.3. The first kappa shape index (κ1) is 19.7. The minimum Gasteiger partial charge on any atom is -0.497 e. The molecule has 28 heavy (non-hydrogen) atoms. The van der Waals surface area contributed by atoms with E-state index < -0.39 is 5.60 Å². The smallest absolute Gasteiger partial charge is 0.410 e. The van der Waals surface area contributed by atoms with E-state index in [9.17, 15) is 4.79 Å². The number of hydrogen-bond acceptors (Lipinski definition) is 7. The number of aromatic nitrogens is 2. The van der Waals surface area contributed by atoms with Crippen LogP contribution < -0.4 is 14.8 Å². The maximum absolute atomic E-state index is 12.3. The number of fused-ring (bicyclic) bond motifs is 1. The third kappa shape index (κ3) is 4.62. The second-order valence-corrected chi connectivity index (χ2v) is 7.51. The fourth-order valence-corrected chi connectivity index (χ4v) is 2.89. The summed E-state index contributed by atoms with van der Waals surface area (Å²) in [5.74, 6) is 1.84. The van der Waals surface area contributed by atoms with Crippen molar-refractivity contribution in [2.45, 2.75) is 39.3 Å². The molecule has 8 nitrogen and oxygen atoms in total. The Balaban J connectivity index is 1.75. The molecule has 1 aliphatic rings. The van der Waals surface area contributed by atoms with Crippen LogP contribution in [0, 0.1) is 0 Å². The molecule has 0 bridgehead atoms. The van der Waals surface area contributed by atoms with Crippen LogP contribution >= 0.6 is 0 Å². The molecule has 0 fully saturated rings. The second kappa shape index (κ2) is 7.92. The van der Waals surface area contributed by atoms with E-state index in [-0.39, 0.29) is 6.09 Å². The minimum atomic E-state index is -0.516. The Morgan fingerprint density at radius 3 is 2.68 bits per heavy atom. The van der Waals surface area contributed by atoms with E-state index in [0.29, 0.717) is 42.6 Å². The molecule has 0 spiro atoms. The molecular formula is C20H26N4O4. The summed E-state index contributed by atoms with van der Waals surface area (Å²) in [6.07, 6.45) is 2.07. The highest BCUT2D eigenvalue weighted by Crippen LogP contribution is 2.31. The molecule has 0 atom stereocenters. The lowest BCUT2D eigenvalue weighted by Gasteiger charge is -2.30. The first-order chi connectivity index (χ1) is 13.3. The Hall–Kier alpha value is -3.03.